The Balaban J connectivity index is 2.71. The summed E-state index contributed by atoms with van der Waals surface area (Å²) in [6.45, 7) is 0. The Labute approximate surface area is 88.1 Å². The number of hydrogen-bond donors (Lipinski definition) is 2. The Morgan fingerprint density at radius 2 is 1.87 bits per heavy atom. The van der Waals surface area contributed by atoms with Gasteiger partial charge in [0.05, 0.1) is 7.11 Å². The molecule has 0 bridgehead atoms. The molecule has 0 fully saturated rings. The van der Waals surface area contributed by atoms with Crippen molar-refractivity contribution in [1.29, 1.82) is 0 Å². The largest absolute Gasteiger partial charge is 0.496 e. The number of benzene rings is 2. The number of fused-ring (bicyclic) bond motifs is 1. The Bertz CT molecular complexity index is 482. The molecule has 0 aliphatic rings. The van der Waals surface area contributed by atoms with E-state index in [1.807, 2.05) is 24.3 Å². The monoisotopic (exact) mass is 202 g/mol. The highest BCUT2D eigenvalue weighted by atomic mass is 16.5. The lowest BCUT2D eigenvalue weighted by atomic mass is 9.79. The maximum absolute atomic E-state index is 9.10. The minimum atomic E-state index is -1.47. The second-order valence-corrected chi connectivity index (χ2v) is 3.32. The molecule has 3 nitrogen and oxygen atoms in total. The van der Waals surface area contributed by atoms with Gasteiger partial charge in [-0.05, 0) is 16.9 Å². The van der Waals surface area contributed by atoms with Crippen LogP contribution in [0.3, 0.4) is 0 Å². The summed E-state index contributed by atoms with van der Waals surface area (Å²) < 4.78 is 5.20. The predicted octanol–water partition coefficient (Wildman–Crippen LogP) is 0.528. The second kappa shape index (κ2) is 3.92. The van der Waals surface area contributed by atoms with Gasteiger partial charge in [0.15, 0.2) is 0 Å². The van der Waals surface area contributed by atoms with Crippen LogP contribution in [0.25, 0.3) is 10.8 Å². The van der Waals surface area contributed by atoms with Gasteiger partial charge in [0.1, 0.15) is 5.75 Å². The van der Waals surface area contributed by atoms with Crippen LogP contribution in [0.2, 0.25) is 0 Å². The first-order valence-electron chi connectivity index (χ1n) is 4.65. The van der Waals surface area contributed by atoms with Crippen molar-refractivity contribution in [1.82, 2.24) is 0 Å². The molecule has 76 valence electrons. The quantitative estimate of drug-likeness (QED) is 0.698. The first kappa shape index (κ1) is 10.0. The number of hydrogen-bond acceptors (Lipinski definition) is 3. The molecule has 0 amide bonds. The fraction of sp³-hybridized carbons (Fsp3) is 0.0909. The highest BCUT2D eigenvalue weighted by Crippen LogP contribution is 2.23. The third kappa shape index (κ3) is 1.82. The molecule has 2 aromatic carbocycles. The van der Waals surface area contributed by atoms with Crippen LogP contribution < -0.4 is 10.2 Å². The second-order valence-electron chi connectivity index (χ2n) is 3.32. The van der Waals surface area contributed by atoms with Gasteiger partial charge in [-0.25, -0.2) is 0 Å². The summed E-state index contributed by atoms with van der Waals surface area (Å²) in [6.07, 6.45) is 0. The molecule has 0 unspecified atom stereocenters. The van der Waals surface area contributed by atoms with E-state index in [9.17, 15) is 0 Å². The zero-order chi connectivity index (χ0) is 10.8. The molecular weight excluding hydrogens is 191 g/mol. The van der Waals surface area contributed by atoms with Crippen LogP contribution in [0, 0.1) is 0 Å². The van der Waals surface area contributed by atoms with Gasteiger partial charge in [0.25, 0.3) is 0 Å². The molecule has 2 aromatic rings. The van der Waals surface area contributed by atoms with E-state index in [2.05, 4.69) is 0 Å². The Kier molecular flexibility index (Phi) is 2.62. The third-order valence-corrected chi connectivity index (χ3v) is 2.36. The SMILES string of the molecule is COc1cc(B(O)O)cc2ccccc12. The van der Waals surface area contributed by atoms with Crippen LogP contribution >= 0.6 is 0 Å². The first-order chi connectivity index (χ1) is 7.22. The molecule has 0 saturated heterocycles. The Morgan fingerprint density at radius 3 is 2.53 bits per heavy atom. The average molecular weight is 202 g/mol. The summed E-state index contributed by atoms with van der Waals surface area (Å²) in [7, 11) is 0.0958. The van der Waals surface area contributed by atoms with Crippen molar-refractivity contribution in [2.45, 2.75) is 0 Å². The smallest absolute Gasteiger partial charge is 0.488 e. The third-order valence-electron chi connectivity index (χ3n) is 2.36. The van der Waals surface area contributed by atoms with E-state index in [1.165, 1.54) is 0 Å². The van der Waals surface area contributed by atoms with Gasteiger partial charge in [-0.2, -0.15) is 0 Å². The summed E-state index contributed by atoms with van der Waals surface area (Å²) >= 11 is 0. The van der Waals surface area contributed by atoms with Gasteiger partial charge in [-0.1, -0.05) is 30.3 Å². The summed E-state index contributed by atoms with van der Waals surface area (Å²) in [4.78, 5) is 0. The van der Waals surface area contributed by atoms with Gasteiger partial charge in [-0.15, -0.1) is 0 Å². The molecule has 0 aliphatic heterocycles. The van der Waals surface area contributed by atoms with Crippen molar-refractivity contribution in [3.63, 3.8) is 0 Å². The number of rotatable bonds is 2. The summed E-state index contributed by atoms with van der Waals surface area (Å²) in [6, 6.07) is 11.0. The van der Waals surface area contributed by atoms with Crippen LogP contribution in [0.5, 0.6) is 5.75 Å². The van der Waals surface area contributed by atoms with Crippen LogP contribution in [-0.4, -0.2) is 24.3 Å². The molecule has 0 radical (unpaired) electrons. The van der Waals surface area contributed by atoms with Crippen molar-refractivity contribution in [2.24, 2.45) is 0 Å². The lowest BCUT2D eigenvalue weighted by Crippen LogP contribution is -2.29. The van der Waals surface area contributed by atoms with Gasteiger partial charge in [0, 0.05) is 5.39 Å². The van der Waals surface area contributed by atoms with Crippen LogP contribution in [-0.2, 0) is 0 Å². The summed E-state index contributed by atoms with van der Waals surface area (Å²) in [5, 5.41) is 20.1. The maximum atomic E-state index is 9.10. The van der Waals surface area contributed by atoms with Gasteiger partial charge in [0.2, 0.25) is 0 Å². The van der Waals surface area contributed by atoms with Gasteiger partial charge < -0.3 is 14.8 Å². The van der Waals surface area contributed by atoms with Crippen LogP contribution in [0.15, 0.2) is 36.4 Å². The molecule has 0 atom stereocenters. The summed E-state index contributed by atoms with van der Waals surface area (Å²) in [5.41, 5.74) is 0.436. The highest BCUT2D eigenvalue weighted by molar-refractivity contribution is 6.59. The zero-order valence-electron chi connectivity index (χ0n) is 8.34. The fourth-order valence-electron chi connectivity index (χ4n) is 1.62. The lowest BCUT2D eigenvalue weighted by molar-refractivity contribution is 0.416. The van der Waals surface area contributed by atoms with Crippen molar-refractivity contribution in [3.05, 3.63) is 36.4 Å². The molecular formula is C11H11BO3. The normalized spacial score (nSPS) is 10.3. The van der Waals surface area contributed by atoms with Crippen molar-refractivity contribution in [3.8, 4) is 5.75 Å². The lowest BCUT2D eigenvalue weighted by Gasteiger charge is -2.08. The highest BCUT2D eigenvalue weighted by Gasteiger charge is 2.13. The standard InChI is InChI=1S/C11H11BO3/c1-15-11-7-9(12(13)14)6-8-4-2-3-5-10(8)11/h2-7,13-14H,1H3. The zero-order valence-corrected chi connectivity index (χ0v) is 8.34. The molecule has 2 N–H and O–H groups in total. The van der Waals surface area contributed by atoms with Gasteiger partial charge in [-0.3, -0.25) is 0 Å². The molecule has 2 rings (SSSR count). The van der Waals surface area contributed by atoms with E-state index in [1.54, 1.807) is 19.2 Å². The number of methoxy groups -OCH3 is 1. The maximum Gasteiger partial charge on any atom is 0.488 e. The fourth-order valence-corrected chi connectivity index (χ4v) is 1.62. The topological polar surface area (TPSA) is 49.7 Å². The van der Waals surface area contributed by atoms with E-state index >= 15 is 0 Å². The summed E-state index contributed by atoms with van der Waals surface area (Å²) in [5.74, 6) is 0.649. The minimum absolute atomic E-state index is 0.436. The first-order valence-corrected chi connectivity index (χ1v) is 4.65. The number of ether oxygens (including phenoxy) is 1. The van der Waals surface area contributed by atoms with E-state index in [0.29, 0.717) is 11.2 Å². The Hall–Kier alpha value is -1.52. The van der Waals surface area contributed by atoms with Gasteiger partial charge >= 0.3 is 7.12 Å². The van der Waals surface area contributed by atoms with E-state index in [4.69, 9.17) is 14.8 Å². The van der Waals surface area contributed by atoms with Crippen molar-refractivity contribution in [2.75, 3.05) is 7.11 Å². The van der Waals surface area contributed by atoms with E-state index < -0.39 is 7.12 Å². The van der Waals surface area contributed by atoms with Crippen LogP contribution in [0.1, 0.15) is 0 Å². The van der Waals surface area contributed by atoms with Crippen molar-refractivity contribution >= 4 is 23.4 Å². The Morgan fingerprint density at radius 1 is 1.13 bits per heavy atom. The minimum Gasteiger partial charge on any atom is -0.496 e. The molecule has 0 heterocycles. The predicted molar refractivity (Wildman–Crippen MR) is 60.3 cm³/mol. The average Bonchev–Trinajstić information content (AvgIpc) is 2.27. The van der Waals surface area contributed by atoms with E-state index in [-0.39, 0.29) is 0 Å². The van der Waals surface area contributed by atoms with E-state index in [0.717, 1.165) is 10.8 Å². The van der Waals surface area contributed by atoms with Crippen molar-refractivity contribution < 1.29 is 14.8 Å². The molecule has 0 aromatic heterocycles. The molecule has 0 saturated carbocycles. The molecule has 0 spiro atoms. The molecule has 15 heavy (non-hydrogen) atoms. The molecule has 0 aliphatic carbocycles. The van der Waals surface area contributed by atoms with Crippen LogP contribution in [0.4, 0.5) is 0 Å². The molecule has 4 heteroatoms.